The Labute approximate surface area is 128 Å². The first-order valence-electron chi connectivity index (χ1n) is 7.05. The number of nitriles is 1. The van der Waals surface area contributed by atoms with Gasteiger partial charge in [0.2, 0.25) is 0 Å². The van der Waals surface area contributed by atoms with Crippen molar-refractivity contribution in [1.82, 2.24) is 4.90 Å². The molecule has 1 aromatic carbocycles. The predicted octanol–water partition coefficient (Wildman–Crippen LogP) is 3.79. The van der Waals surface area contributed by atoms with Crippen LogP contribution in [0, 0.1) is 28.9 Å². The van der Waals surface area contributed by atoms with E-state index in [1.165, 1.54) is 4.90 Å². The second-order valence-electron chi connectivity index (χ2n) is 6.38. The summed E-state index contributed by atoms with van der Waals surface area (Å²) in [4.78, 5) is 13.6. The summed E-state index contributed by atoms with van der Waals surface area (Å²) >= 11 is 0. The largest absolute Gasteiger partial charge is 0.444 e. The van der Waals surface area contributed by atoms with Crippen LogP contribution in [0.5, 0.6) is 0 Å². The smallest absolute Gasteiger partial charge is 0.410 e. The Bertz CT molecular complexity index is 620. The van der Waals surface area contributed by atoms with Gasteiger partial charge in [-0.25, -0.2) is 13.6 Å². The Morgan fingerprint density at radius 2 is 2.09 bits per heavy atom. The molecule has 1 aromatic rings. The molecule has 22 heavy (non-hydrogen) atoms. The summed E-state index contributed by atoms with van der Waals surface area (Å²) in [6.07, 6.45) is -0.366. The molecular weight excluding hydrogens is 290 g/mol. The maximum Gasteiger partial charge on any atom is 0.410 e. The number of carbonyl (C=O) groups is 1. The van der Waals surface area contributed by atoms with E-state index in [9.17, 15) is 13.6 Å². The molecule has 0 aliphatic carbocycles. The van der Waals surface area contributed by atoms with Gasteiger partial charge in [0.1, 0.15) is 17.2 Å². The molecule has 4 nitrogen and oxygen atoms in total. The Morgan fingerprint density at radius 3 is 2.68 bits per heavy atom. The van der Waals surface area contributed by atoms with Crippen LogP contribution in [0.3, 0.4) is 0 Å². The summed E-state index contributed by atoms with van der Waals surface area (Å²) in [5.41, 5.74) is -0.629. The minimum atomic E-state index is -0.702. The third kappa shape index (κ3) is 3.53. The number of benzene rings is 1. The number of halogens is 2. The van der Waals surface area contributed by atoms with E-state index in [4.69, 9.17) is 10.00 Å². The van der Waals surface area contributed by atoms with Crippen LogP contribution >= 0.6 is 0 Å². The molecule has 0 aromatic heterocycles. The quantitative estimate of drug-likeness (QED) is 0.793. The number of likely N-dealkylation sites (tertiary alicyclic amines) is 1. The van der Waals surface area contributed by atoms with Crippen LogP contribution in [0.25, 0.3) is 0 Å². The van der Waals surface area contributed by atoms with Crippen LogP contribution in [0.4, 0.5) is 13.6 Å². The first-order chi connectivity index (χ1) is 10.2. The molecule has 1 heterocycles. The van der Waals surface area contributed by atoms with Crippen LogP contribution in [0.15, 0.2) is 18.2 Å². The standard InChI is InChI=1S/C16H18F2N2O2/c1-16(2,3)22-15(21)20-9-10(8-19)6-14(20)12-7-11(17)4-5-13(12)18/h4-5,7,10,14H,6,9H2,1-3H3/t10-,14-/m1/s1. The van der Waals surface area contributed by atoms with Gasteiger partial charge in [0.15, 0.2) is 0 Å². The Balaban J connectivity index is 2.32. The third-order valence-electron chi connectivity index (χ3n) is 3.43. The molecule has 0 unspecified atom stereocenters. The normalized spacial score (nSPS) is 21.5. The first kappa shape index (κ1) is 16.2. The number of ether oxygens (including phenoxy) is 1. The van der Waals surface area contributed by atoms with Crippen molar-refractivity contribution in [3.8, 4) is 6.07 Å². The van der Waals surface area contributed by atoms with E-state index in [0.717, 1.165) is 18.2 Å². The Morgan fingerprint density at radius 1 is 1.41 bits per heavy atom. The molecule has 0 saturated carbocycles. The van der Waals surface area contributed by atoms with Crippen molar-refractivity contribution in [2.24, 2.45) is 5.92 Å². The van der Waals surface area contributed by atoms with E-state index < -0.39 is 35.3 Å². The lowest BCUT2D eigenvalue weighted by molar-refractivity contribution is 0.0219. The molecule has 0 radical (unpaired) electrons. The van der Waals surface area contributed by atoms with Gasteiger partial charge in [-0.3, -0.25) is 4.90 Å². The van der Waals surface area contributed by atoms with E-state index in [2.05, 4.69) is 6.07 Å². The lowest BCUT2D eigenvalue weighted by atomic mass is 10.00. The van der Waals surface area contributed by atoms with Crippen molar-refractivity contribution >= 4 is 6.09 Å². The van der Waals surface area contributed by atoms with Crippen molar-refractivity contribution in [3.05, 3.63) is 35.4 Å². The minimum absolute atomic E-state index is 0.0728. The lowest BCUT2D eigenvalue weighted by Gasteiger charge is -2.28. The first-order valence-corrected chi connectivity index (χ1v) is 7.05. The lowest BCUT2D eigenvalue weighted by Crippen LogP contribution is -2.37. The molecule has 118 valence electrons. The fourth-order valence-electron chi connectivity index (χ4n) is 2.52. The van der Waals surface area contributed by atoms with Crippen LogP contribution in [-0.2, 0) is 4.74 Å². The fourth-order valence-corrected chi connectivity index (χ4v) is 2.52. The highest BCUT2D eigenvalue weighted by atomic mass is 19.1. The zero-order valence-electron chi connectivity index (χ0n) is 12.8. The van der Waals surface area contributed by atoms with Gasteiger partial charge in [0.25, 0.3) is 0 Å². The van der Waals surface area contributed by atoms with E-state index in [0.29, 0.717) is 0 Å². The highest BCUT2D eigenvalue weighted by Crippen LogP contribution is 2.37. The molecule has 2 atom stereocenters. The third-order valence-corrected chi connectivity index (χ3v) is 3.43. The Kier molecular flexibility index (Phi) is 4.36. The van der Waals surface area contributed by atoms with Crippen LogP contribution in [0.1, 0.15) is 38.8 Å². The summed E-state index contributed by atoms with van der Waals surface area (Å²) in [6, 6.07) is 4.49. The van der Waals surface area contributed by atoms with Crippen molar-refractivity contribution in [2.75, 3.05) is 6.54 Å². The highest BCUT2D eigenvalue weighted by Gasteiger charge is 2.39. The van der Waals surface area contributed by atoms with Crippen molar-refractivity contribution in [2.45, 2.75) is 38.8 Å². The number of nitrogens with zero attached hydrogens (tertiary/aromatic N) is 2. The number of carbonyl (C=O) groups excluding carboxylic acids is 1. The van der Waals surface area contributed by atoms with Gasteiger partial charge in [-0.05, 0) is 45.4 Å². The van der Waals surface area contributed by atoms with Crippen LogP contribution in [-0.4, -0.2) is 23.1 Å². The highest BCUT2D eigenvalue weighted by molar-refractivity contribution is 5.69. The summed E-state index contributed by atoms with van der Waals surface area (Å²) < 4.78 is 32.7. The zero-order valence-corrected chi connectivity index (χ0v) is 12.8. The summed E-state index contributed by atoms with van der Waals surface area (Å²) in [6.45, 7) is 5.31. The molecule has 6 heteroatoms. The molecule has 1 aliphatic rings. The Hall–Kier alpha value is -2.16. The maximum absolute atomic E-state index is 14.0. The zero-order chi connectivity index (χ0) is 16.5. The monoisotopic (exact) mass is 308 g/mol. The van der Waals surface area contributed by atoms with Gasteiger partial charge in [0, 0.05) is 12.1 Å². The number of amides is 1. The number of rotatable bonds is 1. The fraction of sp³-hybridized carbons (Fsp3) is 0.500. The summed E-state index contributed by atoms with van der Waals surface area (Å²) in [7, 11) is 0. The van der Waals surface area contributed by atoms with Gasteiger partial charge < -0.3 is 4.74 Å². The van der Waals surface area contributed by atoms with Gasteiger partial charge in [0.05, 0.1) is 18.0 Å². The molecule has 2 rings (SSSR count). The minimum Gasteiger partial charge on any atom is -0.444 e. The predicted molar refractivity (Wildman–Crippen MR) is 75.8 cm³/mol. The second-order valence-corrected chi connectivity index (χ2v) is 6.38. The van der Waals surface area contributed by atoms with Gasteiger partial charge >= 0.3 is 6.09 Å². The van der Waals surface area contributed by atoms with Crippen LogP contribution in [0.2, 0.25) is 0 Å². The van der Waals surface area contributed by atoms with Crippen LogP contribution < -0.4 is 0 Å². The van der Waals surface area contributed by atoms with Crippen molar-refractivity contribution < 1.29 is 18.3 Å². The van der Waals surface area contributed by atoms with E-state index in [1.54, 1.807) is 20.8 Å². The molecule has 1 amide bonds. The molecule has 0 bridgehead atoms. The molecule has 0 N–H and O–H groups in total. The van der Waals surface area contributed by atoms with Gasteiger partial charge in [-0.1, -0.05) is 0 Å². The maximum atomic E-state index is 14.0. The SMILES string of the molecule is CC(C)(C)OC(=O)N1C[C@@H](C#N)C[C@@H]1c1cc(F)ccc1F. The van der Waals surface area contributed by atoms with Crippen molar-refractivity contribution in [3.63, 3.8) is 0 Å². The molecular formula is C16H18F2N2O2. The van der Waals surface area contributed by atoms with Gasteiger partial charge in [-0.2, -0.15) is 5.26 Å². The average Bonchev–Trinajstić information content (AvgIpc) is 2.84. The molecule has 1 aliphatic heterocycles. The number of hydrogen-bond acceptors (Lipinski definition) is 3. The number of hydrogen-bond donors (Lipinski definition) is 0. The second kappa shape index (κ2) is 5.91. The summed E-state index contributed by atoms with van der Waals surface area (Å²) in [5, 5.41) is 9.09. The topological polar surface area (TPSA) is 53.3 Å². The van der Waals surface area contributed by atoms with Crippen molar-refractivity contribution in [1.29, 1.82) is 5.26 Å². The van der Waals surface area contributed by atoms with E-state index in [-0.39, 0.29) is 18.5 Å². The summed E-state index contributed by atoms with van der Waals surface area (Å²) in [5.74, 6) is -1.61. The molecule has 1 fully saturated rings. The van der Waals surface area contributed by atoms with E-state index in [1.807, 2.05) is 0 Å². The average molecular weight is 308 g/mol. The van der Waals surface area contributed by atoms with E-state index >= 15 is 0 Å². The molecule has 0 spiro atoms. The van der Waals surface area contributed by atoms with Gasteiger partial charge in [-0.15, -0.1) is 0 Å². The molecule has 1 saturated heterocycles.